The van der Waals surface area contributed by atoms with Crippen LogP contribution in [0.25, 0.3) is 11.0 Å². The Balaban J connectivity index is 1.76. The highest BCUT2D eigenvalue weighted by Crippen LogP contribution is 2.29. The van der Waals surface area contributed by atoms with Gasteiger partial charge in [0.25, 0.3) is 10.2 Å². The lowest BCUT2D eigenvalue weighted by atomic mass is 9.96. The maximum absolute atomic E-state index is 15.3. The summed E-state index contributed by atoms with van der Waals surface area (Å²) < 4.78 is 54.2. The summed E-state index contributed by atoms with van der Waals surface area (Å²) in [6, 6.07) is 9.42. The van der Waals surface area contributed by atoms with Gasteiger partial charge in [0.15, 0.2) is 5.82 Å². The van der Waals surface area contributed by atoms with Crippen LogP contribution in [-0.4, -0.2) is 71.6 Å². The number of hydrogen-bond donors (Lipinski definition) is 3. The van der Waals surface area contributed by atoms with E-state index in [-0.39, 0.29) is 34.6 Å². The molecule has 0 radical (unpaired) electrons. The van der Waals surface area contributed by atoms with E-state index in [4.69, 9.17) is 9.15 Å². The predicted octanol–water partition coefficient (Wildman–Crippen LogP) is 1.86. The number of rotatable bonds is 9. The third-order valence-electron chi connectivity index (χ3n) is 6.37. The van der Waals surface area contributed by atoms with E-state index in [1.165, 1.54) is 36.2 Å². The third-order valence-corrected chi connectivity index (χ3v) is 7.39. The topological polar surface area (TPSA) is 133 Å². The van der Waals surface area contributed by atoms with E-state index in [1.807, 2.05) is 7.05 Å². The van der Waals surface area contributed by atoms with Crippen molar-refractivity contribution in [3.8, 4) is 5.75 Å². The lowest BCUT2D eigenvalue weighted by molar-refractivity contribution is 0.124. The molecule has 1 aromatic heterocycles. The number of carbonyl (C=O) groups excluding carboxylic acids is 1. The number of carbonyl (C=O) groups is 1. The van der Waals surface area contributed by atoms with Crippen molar-refractivity contribution in [2.45, 2.75) is 19.0 Å². The van der Waals surface area contributed by atoms with E-state index < -0.39 is 27.7 Å². The fourth-order valence-electron chi connectivity index (χ4n) is 4.19. The molecule has 2 aromatic carbocycles. The van der Waals surface area contributed by atoms with E-state index >= 15 is 4.39 Å². The zero-order chi connectivity index (χ0) is 27.6. The van der Waals surface area contributed by atoms with Crippen molar-refractivity contribution >= 4 is 33.0 Å². The van der Waals surface area contributed by atoms with Crippen LogP contribution in [-0.2, 0) is 23.2 Å². The summed E-state index contributed by atoms with van der Waals surface area (Å²) in [6.45, 7) is 1.96. The first-order valence-electron chi connectivity index (χ1n) is 11.9. The summed E-state index contributed by atoms with van der Waals surface area (Å²) >= 11 is 0. The smallest absolute Gasteiger partial charge is 0.414 e. The van der Waals surface area contributed by atoms with Crippen LogP contribution in [0.5, 0.6) is 5.75 Å². The van der Waals surface area contributed by atoms with Gasteiger partial charge in [0, 0.05) is 70.3 Å². The van der Waals surface area contributed by atoms with Gasteiger partial charge in [-0.3, -0.25) is 9.62 Å². The maximum Gasteiger partial charge on any atom is 0.414 e. The number of nitrogens with zero attached hydrogens (tertiary/aromatic N) is 2. The van der Waals surface area contributed by atoms with Crippen LogP contribution in [0, 0.1) is 5.82 Å². The van der Waals surface area contributed by atoms with Crippen molar-refractivity contribution in [1.82, 2.24) is 19.8 Å². The first-order valence-corrected chi connectivity index (χ1v) is 13.4. The summed E-state index contributed by atoms with van der Waals surface area (Å²) in [7, 11) is 2.26. The molecule has 1 aliphatic rings. The Morgan fingerprint density at radius 2 is 1.92 bits per heavy atom. The van der Waals surface area contributed by atoms with Gasteiger partial charge in [0.2, 0.25) is 0 Å². The van der Waals surface area contributed by atoms with E-state index in [9.17, 15) is 18.0 Å². The Hall–Kier alpha value is -3.52. The highest BCUT2D eigenvalue weighted by atomic mass is 32.2. The second-order valence-corrected chi connectivity index (χ2v) is 10.8. The van der Waals surface area contributed by atoms with E-state index in [0.29, 0.717) is 23.5 Å². The minimum atomic E-state index is -3.94. The summed E-state index contributed by atoms with van der Waals surface area (Å²) in [4.78, 5) is 28.6. The number of anilines is 1. The van der Waals surface area contributed by atoms with Crippen LogP contribution in [0.3, 0.4) is 0 Å². The first kappa shape index (κ1) is 27.5. The molecule has 1 fully saturated rings. The van der Waals surface area contributed by atoms with E-state index in [1.54, 1.807) is 26.2 Å². The SMILES string of the molecule is CNC1CN(Cc2c(Cc3cccc(NS(=O)(=O)NC)c3F)c(=O)oc3cc(OC(=O)N(C)C)ccc23)C1. The molecule has 3 aromatic rings. The van der Waals surface area contributed by atoms with Crippen LogP contribution in [0.4, 0.5) is 14.9 Å². The highest BCUT2D eigenvalue weighted by Gasteiger charge is 2.28. The molecule has 0 spiro atoms. The molecule has 1 amide bonds. The molecule has 13 heteroatoms. The van der Waals surface area contributed by atoms with Gasteiger partial charge in [0.1, 0.15) is 11.3 Å². The Morgan fingerprint density at radius 1 is 1.18 bits per heavy atom. The highest BCUT2D eigenvalue weighted by molar-refractivity contribution is 7.90. The predicted molar refractivity (Wildman–Crippen MR) is 141 cm³/mol. The molecule has 2 heterocycles. The van der Waals surface area contributed by atoms with Gasteiger partial charge in [-0.15, -0.1) is 0 Å². The lowest BCUT2D eigenvalue weighted by Crippen LogP contribution is -2.56. The molecule has 0 bridgehead atoms. The summed E-state index contributed by atoms with van der Waals surface area (Å²) in [5, 5.41) is 3.84. The Labute approximate surface area is 219 Å². The summed E-state index contributed by atoms with van der Waals surface area (Å²) in [6.07, 6.45) is -0.693. The second kappa shape index (κ2) is 11.1. The number of likely N-dealkylation sites (tertiary alicyclic amines) is 1. The number of ether oxygens (including phenoxy) is 1. The van der Waals surface area contributed by atoms with Gasteiger partial charge >= 0.3 is 11.7 Å². The molecule has 0 aliphatic carbocycles. The van der Waals surface area contributed by atoms with Crippen molar-refractivity contribution in [3.05, 3.63) is 69.3 Å². The number of halogens is 1. The Bertz CT molecular complexity index is 1520. The standard InChI is InChI=1S/C25H30FN5O6S/c1-27-16-12-31(13-16)14-20-18-9-8-17(36-25(33)30(3)4)11-22(18)37-24(32)19(20)10-15-6-5-7-21(23(15)26)29-38(34,35)28-2/h5-9,11,16,27-29H,10,12-14H2,1-4H3. The number of benzene rings is 2. The third kappa shape index (κ3) is 5.96. The van der Waals surface area contributed by atoms with E-state index in [2.05, 4.69) is 19.7 Å². The largest absolute Gasteiger partial charge is 0.422 e. The van der Waals surface area contributed by atoms with Crippen molar-refractivity contribution in [2.24, 2.45) is 0 Å². The number of hydrogen-bond acceptors (Lipinski definition) is 8. The van der Waals surface area contributed by atoms with Gasteiger partial charge < -0.3 is 19.4 Å². The van der Waals surface area contributed by atoms with Gasteiger partial charge in [-0.05, 0) is 36.4 Å². The summed E-state index contributed by atoms with van der Waals surface area (Å²) in [5.41, 5.74) is 0.389. The summed E-state index contributed by atoms with van der Waals surface area (Å²) in [5.74, 6) is -0.574. The van der Waals surface area contributed by atoms with Crippen LogP contribution >= 0.6 is 0 Å². The minimum absolute atomic E-state index is 0.116. The van der Waals surface area contributed by atoms with Crippen LogP contribution < -0.4 is 25.1 Å². The molecule has 204 valence electrons. The molecule has 38 heavy (non-hydrogen) atoms. The molecule has 0 atom stereocenters. The van der Waals surface area contributed by atoms with Crippen molar-refractivity contribution in [2.75, 3.05) is 46.0 Å². The van der Waals surface area contributed by atoms with Crippen LogP contribution in [0.2, 0.25) is 0 Å². The Kier molecular flexibility index (Phi) is 8.02. The minimum Gasteiger partial charge on any atom is -0.422 e. The molecule has 4 rings (SSSR count). The number of nitrogens with one attached hydrogen (secondary N) is 3. The maximum atomic E-state index is 15.3. The molecule has 0 saturated carbocycles. The molecular formula is C25H30FN5O6S. The lowest BCUT2D eigenvalue weighted by Gasteiger charge is -2.39. The van der Waals surface area contributed by atoms with Gasteiger partial charge in [-0.1, -0.05) is 12.1 Å². The van der Waals surface area contributed by atoms with Crippen LogP contribution in [0.1, 0.15) is 16.7 Å². The Morgan fingerprint density at radius 3 is 2.58 bits per heavy atom. The normalized spacial score (nSPS) is 14.3. The molecule has 3 N–H and O–H groups in total. The zero-order valence-electron chi connectivity index (χ0n) is 21.5. The number of fused-ring (bicyclic) bond motifs is 1. The average Bonchev–Trinajstić information content (AvgIpc) is 2.84. The molecule has 0 unspecified atom stereocenters. The molecule has 11 nitrogen and oxygen atoms in total. The number of amides is 1. The molecule has 1 aliphatic heterocycles. The monoisotopic (exact) mass is 547 g/mol. The molecule has 1 saturated heterocycles. The average molecular weight is 548 g/mol. The first-order chi connectivity index (χ1) is 18.0. The van der Waals surface area contributed by atoms with Gasteiger partial charge in [-0.2, -0.15) is 8.42 Å². The van der Waals surface area contributed by atoms with Gasteiger partial charge in [-0.25, -0.2) is 18.7 Å². The van der Waals surface area contributed by atoms with Crippen molar-refractivity contribution in [1.29, 1.82) is 0 Å². The van der Waals surface area contributed by atoms with E-state index in [0.717, 1.165) is 13.1 Å². The van der Waals surface area contributed by atoms with Crippen molar-refractivity contribution < 1.29 is 26.8 Å². The molecular weight excluding hydrogens is 517 g/mol. The second-order valence-electron chi connectivity index (χ2n) is 9.21. The number of likely N-dealkylation sites (N-methyl/N-ethyl adjacent to an activating group) is 1. The van der Waals surface area contributed by atoms with Crippen molar-refractivity contribution in [3.63, 3.8) is 0 Å². The fourth-order valence-corrected chi connectivity index (χ4v) is 4.73. The fraction of sp³-hybridized carbons (Fsp3) is 0.360. The van der Waals surface area contributed by atoms with Crippen LogP contribution in [0.15, 0.2) is 45.6 Å². The quantitative estimate of drug-likeness (QED) is 0.346. The van der Waals surface area contributed by atoms with Gasteiger partial charge in [0.05, 0.1) is 5.69 Å². The zero-order valence-corrected chi connectivity index (χ0v) is 22.3.